The molecule has 1 saturated heterocycles. The van der Waals surface area contributed by atoms with Crippen LogP contribution in [0.4, 0.5) is 5.95 Å². The Morgan fingerprint density at radius 2 is 1.90 bits per heavy atom. The maximum absolute atomic E-state index is 12.1. The number of nitrogens with zero attached hydrogens (tertiary/aromatic N) is 4. The highest BCUT2D eigenvalue weighted by Gasteiger charge is 2.30. The van der Waals surface area contributed by atoms with Crippen LogP contribution in [0.5, 0.6) is 0 Å². The Bertz CT molecular complexity index is 1070. The lowest BCUT2D eigenvalue weighted by atomic mass is 10.1. The number of H-pyrrole nitrogens is 1. The molecule has 1 amide bonds. The molecule has 5 rings (SSSR count). The smallest absolute Gasteiger partial charge is 0.232 e. The Kier molecular flexibility index (Phi) is 4.94. The fourth-order valence-electron chi connectivity index (χ4n) is 3.60. The highest BCUT2D eigenvalue weighted by Crippen LogP contribution is 2.40. The van der Waals surface area contributed by atoms with E-state index in [-0.39, 0.29) is 17.8 Å². The van der Waals surface area contributed by atoms with Crippen molar-refractivity contribution in [2.75, 3.05) is 29.9 Å². The molecule has 0 unspecified atom stereocenters. The third-order valence-electron chi connectivity index (χ3n) is 5.56. The van der Waals surface area contributed by atoms with Crippen molar-refractivity contribution in [3.05, 3.63) is 36.2 Å². The predicted octanol–water partition coefficient (Wildman–Crippen LogP) is 2.93. The number of hydrogen-bond acceptors (Lipinski definition) is 7. The van der Waals surface area contributed by atoms with Gasteiger partial charge in [-0.05, 0) is 18.4 Å². The van der Waals surface area contributed by atoms with E-state index in [1.54, 1.807) is 6.33 Å². The minimum atomic E-state index is -2.38. The molecule has 10 heteroatoms. The molecule has 1 aliphatic carbocycles. The van der Waals surface area contributed by atoms with E-state index in [1.807, 2.05) is 24.3 Å². The largest absolute Gasteiger partial charge is 0.329 e. The summed E-state index contributed by atoms with van der Waals surface area (Å²) in [5.41, 5.74) is 3.96. The number of carbonyl (C=O) groups excluding carboxylic acids is 1. The molecule has 2 aromatic heterocycles. The zero-order valence-corrected chi connectivity index (χ0v) is 17.2. The molecule has 9 nitrogen and oxygen atoms in total. The highest BCUT2D eigenvalue weighted by atomic mass is 32.3. The van der Waals surface area contributed by atoms with Crippen LogP contribution >= 0.6 is 10.6 Å². The molecule has 0 spiro atoms. The van der Waals surface area contributed by atoms with Crippen molar-refractivity contribution in [1.29, 1.82) is 0 Å². The monoisotopic (exact) mass is 428 g/mol. The number of aromatic nitrogens is 4. The van der Waals surface area contributed by atoms with Crippen molar-refractivity contribution in [1.82, 2.24) is 24.8 Å². The van der Waals surface area contributed by atoms with Crippen LogP contribution < -0.4 is 5.32 Å². The van der Waals surface area contributed by atoms with Crippen molar-refractivity contribution in [3.8, 4) is 11.3 Å². The molecule has 30 heavy (non-hydrogen) atoms. The van der Waals surface area contributed by atoms with E-state index >= 15 is 0 Å². The van der Waals surface area contributed by atoms with Crippen molar-refractivity contribution in [2.45, 2.75) is 19.4 Å². The quantitative estimate of drug-likeness (QED) is 0.492. The van der Waals surface area contributed by atoms with Crippen LogP contribution in [-0.4, -0.2) is 64.4 Å². The fraction of sp³-hybridized carbons (Fsp3) is 0.400. The summed E-state index contributed by atoms with van der Waals surface area (Å²) in [5, 5.41) is 2.81. The van der Waals surface area contributed by atoms with Gasteiger partial charge in [-0.1, -0.05) is 24.3 Å². The lowest BCUT2D eigenvalue weighted by molar-refractivity contribution is -0.117. The number of anilines is 1. The fourth-order valence-corrected chi connectivity index (χ4v) is 4.90. The summed E-state index contributed by atoms with van der Waals surface area (Å²) < 4.78 is 19.5. The second-order valence-electron chi connectivity index (χ2n) is 7.94. The van der Waals surface area contributed by atoms with E-state index in [0.717, 1.165) is 30.5 Å². The first-order valence-corrected chi connectivity index (χ1v) is 11.9. The summed E-state index contributed by atoms with van der Waals surface area (Å²) in [4.78, 5) is 30.6. The van der Waals surface area contributed by atoms with Gasteiger partial charge in [0.2, 0.25) is 11.9 Å². The molecule has 3 heterocycles. The van der Waals surface area contributed by atoms with E-state index in [0.29, 0.717) is 41.5 Å². The van der Waals surface area contributed by atoms with Gasteiger partial charge in [-0.25, -0.2) is 9.97 Å². The van der Waals surface area contributed by atoms with Gasteiger partial charge in [0.05, 0.1) is 17.8 Å². The Balaban J connectivity index is 1.36. The molecule has 4 N–H and O–H groups in total. The Hall–Kier alpha value is -2.53. The Morgan fingerprint density at radius 1 is 1.17 bits per heavy atom. The third kappa shape index (κ3) is 4.17. The average Bonchev–Trinajstić information content (AvgIpc) is 3.48. The number of hydrogen-bond donors (Lipinski definition) is 4. The molecule has 0 radical (unpaired) electrons. The zero-order valence-electron chi connectivity index (χ0n) is 16.4. The number of rotatable bonds is 5. The minimum Gasteiger partial charge on any atom is -0.329 e. The van der Waals surface area contributed by atoms with Gasteiger partial charge in [-0.3, -0.25) is 24.1 Å². The van der Waals surface area contributed by atoms with Crippen molar-refractivity contribution in [2.24, 2.45) is 5.92 Å². The van der Waals surface area contributed by atoms with Gasteiger partial charge in [0, 0.05) is 31.1 Å². The van der Waals surface area contributed by atoms with Crippen molar-refractivity contribution >= 4 is 33.6 Å². The van der Waals surface area contributed by atoms with Crippen LogP contribution in [0.15, 0.2) is 30.6 Å². The lowest BCUT2D eigenvalue weighted by Crippen LogP contribution is -2.37. The van der Waals surface area contributed by atoms with Gasteiger partial charge in [-0.15, -0.1) is 0 Å². The molecule has 1 aromatic carbocycles. The molecule has 1 saturated carbocycles. The van der Waals surface area contributed by atoms with E-state index in [1.165, 1.54) is 0 Å². The van der Waals surface area contributed by atoms with E-state index in [2.05, 4.69) is 30.2 Å². The number of amides is 1. The average molecular weight is 429 g/mol. The van der Waals surface area contributed by atoms with Crippen LogP contribution in [0.25, 0.3) is 22.4 Å². The zero-order chi connectivity index (χ0) is 20.7. The van der Waals surface area contributed by atoms with Gasteiger partial charge < -0.3 is 4.98 Å². The van der Waals surface area contributed by atoms with Crippen LogP contribution in [-0.2, 0) is 11.3 Å². The first kappa shape index (κ1) is 19.4. The van der Waals surface area contributed by atoms with E-state index < -0.39 is 10.6 Å². The van der Waals surface area contributed by atoms with Gasteiger partial charge >= 0.3 is 0 Å². The Morgan fingerprint density at radius 3 is 2.60 bits per heavy atom. The first-order valence-electron chi connectivity index (χ1n) is 10.0. The normalized spacial score (nSPS) is 20.2. The standard InChI is InChI=1S/C20H24N6O3S/c27-19(15-5-6-15)25-20-23-16(17-18(24-20)22-12-21-17)14-3-1-13(2-4-14)11-26-7-9-30(28,29)10-8-26/h1-4,12,15,28-29H,5-11H2,(H2,21,22,23,24,25,27). The molecule has 0 bridgehead atoms. The van der Waals surface area contributed by atoms with E-state index in [9.17, 15) is 13.9 Å². The van der Waals surface area contributed by atoms with E-state index in [4.69, 9.17) is 0 Å². The molecular formula is C20H24N6O3S. The second-order valence-corrected chi connectivity index (χ2v) is 10.4. The summed E-state index contributed by atoms with van der Waals surface area (Å²) in [6.45, 7) is 2.14. The van der Waals surface area contributed by atoms with Crippen LogP contribution in [0.1, 0.15) is 18.4 Å². The van der Waals surface area contributed by atoms with Gasteiger partial charge in [0.25, 0.3) is 0 Å². The van der Waals surface area contributed by atoms with Gasteiger partial charge in [0.1, 0.15) is 11.2 Å². The molecule has 1 aliphatic heterocycles. The summed E-state index contributed by atoms with van der Waals surface area (Å²) in [6.07, 6.45) is 3.41. The summed E-state index contributed by atoms with van der Waals surface area (Å²) in [5.74, 6) is 1.21. The number of nitrogens with one attached hydrogen (secondary N) is 2. The molecule has 158 valence electrons. The summed E-state index contributed by atoms with van der Waals surface area (Å²) >= 11 is 0. The van der Waals surface area contributed by atoms with Crippen LogP contribution in [0.3, 0.4) is 0 Å². The predicted molar refractivity (Wildman–Crippen MR) is 116 cm³/mol. The summed E-state index contributed by atoms with van der Waals surface area (Å²) in [7, 11) is -2.38. The molecular weight excluding hydrogens is 404 g/mol. The number of benzene rings is 1. The number of fused-ring (bicyclic) bond motifs is 1. The second kappa shape index (κ2) is 7.62. The molecule has 0 atom stereocenters. The highest BCUT2D eigenvalue weighted by molar-refractivity contribution is 8.24. The maximum Gasteiger partial charge on any atom is 0.232 e. The van der Waals surface area contributed by atoms with Crippen LogP contribution in [0.2, 0.25) is 0 Å². The maximum atomic E-state index is 12.1. The van der Waals surface area contributed by atoms with Gasteiger partial charge in [0.15, 0.2) is 5.65 Å². The molecule has 3 aromatic rings. The van der Waals surface area contributed by atoms with Crippen molar-refractivity contribution < 1.29 is 13.9 Å². The molecule has 2 aliphatic rings. The number of aromatic amines is 1. The number of imidazole rings is 1. The van der Waals surface area contributed by atoms with Crippen molar-refractivity contribution in [3.63, 3.8) is 0 Å². The number of carbonyl (C=O) groups is 1. The Labute approximate surface area is 175 Å². The molecule has 2 fully saturated rings. The SMILES string of the molecule is O=C(Nc1nc(-c2ccc(CN3CCS(O)(O)CC3)cc2)c2nc[nH]c2n1)C1CC1. The lowest BCUT2D eigenvalue weighted by Gasteiger charge is -2.41. The third-order valence-corrected chi connectivity index (χ3v) is 7.24. The first-order chi connectivity index (χ1) is 14.5. The van der Waals surface area contributed by atoms with Crippen LogP contribution in [0, 0.1) is 5.92 Å². The topological polar surface area (TPSA) is 127 Å². The van der Waals surface area contributed by atoms with Gasteiger partial charge in [-0.2, -0.15) is 15.6 Å². The minimum absolute atomic E-state index is 0.0340. The summed E-state index contributed by atoms with van der Waals surface area (Å²) in [6, 6.07) is 8.09.